The van der Waals surface area contributed by atoms with E-state index in [4.69, 9.17) is 27.2 Å². The fourth-order valence-corrected chi connectivity index (χ4v) is 1.81. The second-order valence-electron chi connectivity index (χ2n) is 3.30. The Morgan fingerprint density at radius 3 is 2.76 bits per heavy atom. The number of nitrogens with two attached hydrogens (primary N) is 1. The molecule has 1 aromatic heterocycles. The van der Waals surface area contributed by atoms with Crippen LogP contribution < -0.4 is 5.73 Å². The third-order valence-electron chi connectivity index (χ3n) is 2.02. The second kappa shape index (κ2) is 5.25. The first-order valence-electron chi connectivity index (χ1n) is 4.82. The van der Waals surface area contributed by atoms with Gasteiger partial charge in [-0.3, -0.25) is 5.41 Å². The van der Waals surface area contributed by atoms with Crippen molar-refractivity contribution in [3.8, 4) is 11.5 Å². The van der Waals surface area contributed by atoms with E-state index in [1.54, 1.807) is 18.4 Å². The largest absolute Gasteiger partial charge is 0.444 e. The Hall–Kier alpha value is -1.46. The zero-order valence-corrected chi connectivity index (χ0v) is 10.4. The van der Waals surface area contributed by atoms with Crippen molar-refractivity contribution in [2.24, 2.45) is 5.73 Å². The maximum Gasteiger partial charge on any atom is 0.226 e. The summed E-state index contributed by atoms with van der Waals surface area (Å²) >= 11 is 7.01. The molecule has 2 aromatic rings. The van der Waals surface area contributed by atoms with E-state index in [2.05, 4.69) is 4.98 Å². The van der Waals surface area contributed by atoms with Gasteiger partial charge in [-0.1, -0.05) is 23.4 Å². The van der Waals surface area contributed by atoms with Gasteiger partial charge < -0.3 is 10.2 Å². The van der Waals surface area contributed by atoms with Crippen LogP contribution in [0, 0.1) is 5.41 Å². The number of benzene rings is 1. The Morgan fingerprint density at radius 1 is 1.41 bits per heavy atom. The molecule has 0 radical (unpaired) electrons. The predicted molar refractivity (Wildman–Crippen MR) is 70.2 cm³/mol. The highest BCUT2D eigenvalue weighted by molar-refractivity contribution is 8.13. The average Bonchev–Trinajstić information content (AvgIpc) is 2.76. The molecule has 0 amide bonds. The first-order chi connectivity index (χ1) is 8.15. The molecule has 0 atom stereocenters. The van der Waals surface area contributed by atoms with Crippen molar-refractivity contribution in [1.29, 1.82) is 5.41 Å². The van der Waals surface area contributed by atoms with E-state index in [1.807, 2.05) is 12.1 Å². The summed E-state index contributed by atoms with van der Waals surface area (Å²) in [5.74, 6) is 1.08. The zero-order chi connectivity index (χ0) is 12.3. The van der Waals surface area contributed by atoms with E-state index in [0.29, 0.717) is 16.7 Å². The number of nitrogens with one attached hydrogen (secondary N) is 1. The van der Waals surface area contributed by atoms with Gasteiger partial charge in [0.05, 0.1) is 5.69 Å². The molecule has 0 fully saturated rings. The van der Waals surface area contributed by atoms with Crippen LogP contribution in [-0.4, -0.2) is 10.2 Å². The molecule has 1 heterocycles. The molecule has 0 saturated carbocycles. The number of oxazole rings is 1. The summed E-state index contributed by atoms with van der Waals surface area (Å²) in [4.78, 5) is 4.30. The second-order valence-corrected chi connectivity index (χ2v) is 4.76. The summed E-state index contributed by atoms with van der Waals surface area (Å²) in [6.07, 6.45) is 1.57. The first-order valence-corrected chi connectivity index (χ1v) is 6.18. The summed E-state index contributed by atoms with van der Waals surface area (Å²) < 4.78 is 5.34. The van der Waals surface area contributed by atoms with E-state index < -0.39 is 0 Å². The van der Waals surface area contributed by atoms with Crippen LogP contribution >= 0.6 is 23.4 Å². The molecule has 0 unspecified atom stereocenters. The Morgan fingerprint density at radius 2 is 2.12 bits per heavy atom. The Bertz CT molecular complexity index is 524. The molecule has 88 valence electrons. The molecule has 2 rings (SSSR count). The van der Waals surface area contributed by atoms with Gasteiger partial charge in [0.15, 0.2) is 5.17 Å². The zero-order valence-electron chi connectivity index (χ0n) is 8.81. The molecule has 1 aromatic carbocycles. The molecule has 0 bridgehead atoms. The molecule has 4 nitrogen and oxygen atoms in total. The topological polar surface area (TPSA) is 75.9 Å². The highest BCUT2D eigenvalue weighted by atomic mass is 35.5. The van der Waals surface area contributed by atoms with Gasteiger partial charge in [-0.15, -0.1) is 0 Å². The normalized spacial score (nSPS) is 10.4. The Kier molecular flexibility index (Phi) is 3.71. The van der Waals surface area contributed by atoms with Crippen LogP contribution in [0.3, 0.4) is 0 Å². The van der Waals surface area contributed by atoms with Gasteiger partial charge in [-0.2, -0.15) is 0 Å². The Labute approximate surface area is 108 Å². The molecule has 0 saturated heterocycles. The van der Waals surface area contributed by atoms with Gasteiger partial charge in [0.25, 0.3) is 0 Å². The maximum atomic E-state index is 7.11. The molecule has 0 aliphatic rings. The van der Waals surface area contributed by atoms with Crippen LogP contribution in [0.15, 0.2) is 34.9 Å². The van der Waals surface area contributed by atoms with Crippen LogP contribution in [0.1, 0.15) is 5.69 Å². The van der Waals surface area contributed by atoms with E-state index in [0.717, 1.165) is 11.3 Å². The summed E-state index contributed by atoms with van der Waals surface area (Å²) in [5.41, 5.74) is 6.88. The lowest BCUT2D eigenvalue weighted by molar-refractivity contribution is 0.573. The summed E-state index contributed by atoms with van der Waals surface area (Å²) in [7, 11) is 0. The van der Waals surface area contributed by atoms with Crippen molar-refractivity contribution in [2.75, 3.05) is 0 Å². The van der Waals surface area contributed by atoms with Crippen molar-refractivity contribution in [1.82, 2.24) is 4.98 Å². The molecule has 0 aliphatic carbocycles. The number of nitrogens with zero attached hydrogens (tertiary/aromatic N) is 1. The van der Waals surface area contributed by atoms with Crippen molar-refractivity contribution < 1.29 is 4.42 Å². The summed E-state index contributed by atoms with van der Waals surface area (Å²) in [6, 6.07) is 7.25. The van der Waals surface area contributed by atoms with Crippen molar-refractivity contribution in [2.45, 2.75) is 5.75 Å². The molecular weight excluding hydrogens is 258 g/mol. The summed E-state index contributed by atoms with van der Waals surface area (Å²) in [6.45, 7) is 0. The average molecular weight is 268 g/mol. The molecular formula is C11H10ClN3OS. The predicted octanol–water partition coefficient (Wildman–Crippen LogP) is 3.12. The van der Waals surface area contributed by atoms with Gasteiger partial charge >= 0.3 is 0 Å². The monoisotopic (exact) mass is 267 g/mol. The lowest BCUT2D eigenvalue weighted by atomic mass is 10.2. The third kappa shape index (κ3) is 3.25. The smallest absolute Gasteiger partial charge is 0.226 e. The van der Waals surface area contributed by atoms with E-state index in [-0.39, 0.29) is 5.17 Å². The number of aromatic nitrogens is 1. The number of thioether (sulfide) groups is 1. The third-order valence-corrected chi connectivity index (χ3v) is 3.02. The van der Waals surface area contributed by atoms with E-state index >= 15 is 0 Å². The molecule has 17 heavy (non-hydrogen) atoms. The minimum atomic E-state index is 0.0704. The number of rotatable bonds is 3. The Balaban J connectivity index is 2.12. The lowest BCUT2D eigenvalue weighted by Gasteiger charge is -1.95. The van der Waals surface area contributed by atoms with E-state index in [9.17, 15) is 0 Å². The number of hydrogen-bond acceptors (Lipinski definition) is 4. The number of amidine groups is 1. The standard InChI is InChI=1S/C11H10ClN3OS/c12-8-3-1-7(2-4-8)10-15-9(5-16-10)6-17-11(13)14/h1-5H,6H2,(H3,13,14). The van der Waals surface area contributed by atoms with Gasteiger partial charge in [0, 0.05) is 16.3 Å². The van der Waals surface area contributed by atoms with Crippen LogP contribution in [0.25, 0.3) is 11.5 Å². The molecule has 0 aliphatic heterocycles. The van der Waals surface area contributed by atoms with Gasteiger partial charge in [-0.25, -0.2) is 4.98 Å². The van der Waals surface area contributed by atoms with Crippen LogP contribution in [0.2, 0.25) is 5.02 Å². The minimum absolute atomic E-state index is 0.0704. The fraction of sp³-hybridized carbons (Fsp3) is 0.0909. The quantitative estimate of drug-likeness (QED) is 0.662. The molecule has 3 N–H and O–H groups in total. The van der Waals surface area contributed by atoms with Gasteiger partial charge in [0.2, 0.25) is 5.89 Å². The highest BCUT2D eigenvalue weighted by Gasteiger charge is 2.07. The SMILES string of the molecule is N=C(N)SCc1coc(-c2ccc(Cl)cc2)n1. The summed E-state index contributed by atoms with van der Waals surface area (Å²) in [5, 5.41) is 7.85. The van der Waals surface area contributed by atoms with Crippen molar-refractivity contribution >= 4 is 28.5 Å². The maximum absolute atomic E-state index is 7.11. The lowest BCUT2D eigenvalue weighted by Crippen LogP contribution is -2.03. The van der Waals surface area contributed by atoms with Crippen LogP contribution in [0.4, 0.5) is 0 Å². The van der Waals surface area contributed by atoms with Crippen molar-refractivity contribution in [3.63, 3.8) is 0 Å². The number of halogens is 1. The van der Waals surface area contributed by atoms with Gasteiger partial charge in [-0.05, 0) is 24.3 Å². The van der Waals surface area contributed by atoms with Crippen LogP contribution in [0.5, 0.6) is 0 Å². The minimum Gasteiger partial charge on any atom is -0.444 e. The number of hydrogen-bond donors (Lipinski definition) is 2. The molecule has 6 heteroatoms. The van der Waals surface area contributed by atoms with E-state index in [1.165, 1.54) is 11.8 Å². The van der Waals surface area contributed by atoms with Gasteiger partial charge in [0.1, 0.15) is 6.26 Å². The van der Waals surface area contributed by atoms with Crippen LogP contribution in [-0.2, 0) is 5.75 Å². The van der Waals surface area contributed by atoms with Crippen molar-refractivity contribution in [3.05, 3.63) is 41.2 Å². The fourth-order valence-electron chi connectivity index (χ4n) is 1.25. The molecule has 0 spiro atoms. The first kappa shape index (κ1) is 12.0. The highest BCUT2D eigenvalue weighted by Crippen LogP contribution is 2.22.